The molecule has 1 saturated carbocycles. The van der Waals surface area contributed by atoms with E-state index in [9.17, 15) is 35.9 Å². The van der Waals surface area contributed by atoms with Gasteiger partial charge in [0, 0.05) is 43.4 Å². The number of nitrogens with zero attached hydrogens (tertiary/aromatic N) is 3. The Morgan fingerprint density at radius 3 is 2.13 bits per heavy atom. The third-order valence-electron chi connectivity index (χ3n) is 6.00. The Morgan fingerprint density at radius 1 is 0.900 bits per heavy atom. The molecule has 0 aromatic carbocycles. The molecule has 3 heterocycles. The smallest absolute Gasteiger partial charge is 0.338 e. The number of fused-ring (bicyclic) bond motifs is 1. The Balaban J connectivity index is 1.50. The van der Waals surface area contributed by atoms with Crippen molar-refractivity contribution < 1.29 is 35.9 Å². The first-order chi connectivity index (χ1) is 13.9. The normalized spacial score (nSPS) is 24.7. The molecule has 2 saturated heterocycles. The van der Waals surface area contributed by atoms with Crippen molar-refractivity contribution in [3.8, 4) is 0 Å². The summed E-state index contributed by atoms with van der Waals surface area (Å²) >= 11 is 0. The van der Waals surface area contributed by atoms with Gasteiger partial charge in [-0.15, -0.1) is 0 Å². The number of amides is 2. The largest absolute Gasteiger partial charge is 0.471 e. The second-order valence-corrected chi connectivity index (χ2v) is 8.21. The summed E-state index contributed by atoms with van der Waals surface area (Å²) in [5.74, 6) is -3.07. The van der Waals surface area contributed by atoms with Gasteiger partial charge in [0.25, 0.3) is 5.91 Å². The lowest BCUT2D eigenvalue weighted by molar-refractivity contribution is -0.184. The highest BCUT2D eigenvalue weighted by molar-refractivity contribution is 5.94. The number of alkyl halides is 6. The predicted octanol–water partition coefficient (Wildman–Crippen LogP) is 3.46. The monoisotopic (exact) mass is 435 g/mol. The molecular formula is C19H19F6N3O2. The molecular weight excluding hydrogens is 416 g/mol. The molecule has 30 heavy (non-hydrogen) atoms. The van der Waals surface area contributed by atoms with E-state index in [1.807, 2.05) is 0 Å². The van der Waals surface area contributed by atoms with Gasteiger partial charge in [-0.25, -0.2) is 4.98 Å². The lowest BCUT2D eigenvalue weighted by Gasteiger charge is -2.34. The van der Waals surface area contributed by atoms with Crippen LogP contribution in [0.25, 0.3) is 0 Å². The summed E-state index contributed by atoms with van der Waals surface area (Å²) in [5.41, 5.74) is -0.988. The van der Waals surface area contributed by atoms with Crippen molar-refractivity contribution in [2.45, 2.75) is 37.5 Å². The molecule has 1 aromatic heterocycles. The number of carbonyl (C=O) groups excluding carboxylic acids is 2. The van der Waals surface area contributed by atoms with Gasteiger partial charge in [-0.2, -0.15) is 26.3 Å². The van der Waals surface area contributed by atoms with Gasteiger partial charge in [0.2, 0.25) is 0 Å². The molecule has 2 unspecified atom stereocenters. The van der Waals surface area contributed by atoms with Crippen molar-refractivity contribution in [3.63, 3.8) is 0 Å². The van der Waals surface area contributed by atoms with E-state index in [0.29, 0.717) is 6.42 Å². The SMILES string of the molecule is O=C(c1cc(C2CC2)nc(C(F)(F)F)c1)N1CCC2CN(C(=O)C(F)(F)F)CC2C1. The number of hydrogen-bond acceptors (Lipinski definition) is 3. The third kappa shape index (κ3) is 4.11. The minimum atomic E-state index is -4.95. The molecule has 0 N–H and O–H groups in total. The minimum Gasteiger partial charge on any atom is -0.338 e. The molecule has 3 aliphatic rings. The summed E-state index contributed by atoms with van der Waals surface area (Å²) in [5, 5.41) is 0. The fourth-order valence-corrected chi connectivity index (χ4v) is 4.29. The molecule has 2 atom stereocenters. The molecule has 4 rings (SSSR count). The Kier molecular flexibility index (Phi) is 4.97. The van der Waals surface area contributed by atoms with Gasteiger partial charge in [-0.3, -0.25) is 9.59 Å². The fourth-order valence-electron chi connectivity index (χ4n) is 4.29. The molecule has 0 radical (unpaired) electrons. The van der Waals surface area contributed by atoms with Crippen LogP contribution in [-0.4, -0.2) is 59.0 Å². The molecule has 1 aromatic rings. The van der Waals surface area contributed by atoms with Crippen molar-refractivity contribution in [2.24, 2.45) is 11.8 Å². The quantitative estimate of drug-likeness (QED) is 0.669. The van der Waals surface area contributed by atoms with Gasteiger partial charge in [-0.05, 0) is 43.2 Å². The van der Waals surface area contributed by atoms with Crippen molar-refractivity contribution in [2.75, 3.05) is 26.2 Å². The molecule has 11 heteroatoms. The molecule has 5 nitrogen and oxygen atoms in total. The second-order valence-electron chi connectivity index (χ2n) is 8.21. The van der Waals surface area contributed by atoms with Crippen molar-refractivity contribution >= 4 is 11.8 Å². The number of rotatable bonds is 2. The van der Waals surface area contributed by atoms with Crippen LogP contribution in [0.5, 0.6) is 0 Å². The van der Waals surface area contributed by atoms with E-state index >= 15 is 0 Å². The summed E-state index contributed by atoms with van der Waals surface area (Å²) in [4.78, 5) is 30.2. The van der Waals surface area contributed by atoms with Crippen molar-refractivity contribution in [3.05, 3.63) is 29.1 Å². The number of halogens is 6. The maximum absolute atomic E-state index is 13.2. The van der Waals surface area contributed by atoms with Crippen LogP contribution in [0.2, 0.25) is 0 Å². The molecule has 164 valence electrons. The first kappa shape index (κ1) is 20.9. The lowest BCUT2D eigenvalue weighted by atomic mass is 9.88. The van der Waals surface area contributed by atoms with Crippen LogP contribution in [0.4, 0.5) is 26.3 Å². The lowest BCUT2D eigenvalue weighted by Crippen LogP contribution is -2.43. The van der Waals surface area contributed by atoms with E-state index < -0.39 is 29.9 Å². The van der Waals surface area contributed by atoms with E-state index in [-0.39, 0.29) is 55.2 Å². The van der Waals surface area contributed by atoms with Crippen molar-refractivity contribution in [1.29, 1.82) is 0 Å². The summed E-state index contributed by atoms with van der Waals surface area (Å²) in [6.45, 7) is 0.179. The molecule has 0 bridgehead atoms. The van der Waals surface area contributed by atoms with Gasteiger partial charge in [-0.1, -0.05) is 0 Å². The van der Waals surface area contributed by atoms with E-state index in [2.05, 4.69) is 4.98 Å². The predicted molar refractivity (Wildman–Crippen MR) is 91.3 cm³/mol. The van der Waals surface area contributed by atoms with Crippen LogP contribution in [0.15, 0.2) is 12.1 Å². The Labute approximate surface area is 168 Å². The second kappa shape index (κ2) is 7.12. The zero-order valence-electron chi connectivity index (χ0n) is 15.8. The number of carbonyl (C=O) groups is 2. The maximum atomic E-state index is 13.2. The summed E-state index contributed by atoms with van der Waals surface area (Å²) in [7, 11) is 0. The zero-order chi connectivity index (χ0) is 21.8. The molecule has 0 spiro atoms. The highest BCUT2D eigenvalue weighted by atomic mass is 19.4. The van der Waals surface area contributed by atoms with Crippen LogP contribution in [-0.2, 0) is 11.0 Å². The highest BCUT2D eigenvalue weighted by Crippen LogP contribution is 2.41. The van der Waals surface area contributed by atoms with Crippen LogP contribution in [0, 0.1) is 11.8 Å². The molecule has 1 aliphatic carbocycles. The zero-order valence-corrected chi connectivity index (χ0v) is 15.8. The summed E-state index contributed by atoms with van der Waals surface area (Å²) in [6.07, 6.45) is -7.80. The molecule has 2 amide bonds. The maximum Gasteiger partial charge on any atom is 0.471 e. The number of pyridine rings is 1. The summed E-state index contributed by atoms with van der Waals surface area (Å²) < 4.78 is 77.7. The number of likely N-dealkylation sites (tertiary alicyclic amines) is 2. The summed E-state index contributed by atoms with van der Waals surface area (Å²) in [6, 6.07) is 2.11. The van der Waals surface area contributed by atoms with E-state index in [4.69, 9.17) is 0 Å². The third-order valence-corrected chi connectivity index (χ3v) is 6.00. The van der Waals surface area contributed by atoms with E-state index in [0.717, 1.165) is 23.8 Å². The van der Waals surface area contributed by atoms with E-state index in [1.165, 1.54) is 11.0 Å². The van der Waals surface area contributed by atoms with Gasteiger partial charge in [0.15, 0.2) is 0 Å². The Bertz CT molecular complexity index is 865. The minimum absolute atomic E-state index is 0.0235. The van der Waals surface area contributed by atoms with Crippen LogP contribution in [0.3, 0.4) is 0 Å². The number of aromatic nitrogens is 1. The van der Waals surface area contributed by atoms with Crippen LogP contribution < -0.4 is 0 Å². The first-order valence-corrected chi connectivity index (χ1v) is 9.68. The standard InChI is InChI=1S/C19H19F6N3O2/c20-18(21,22)15-6-12(5-14(26-15)10-1-2-10)16(29)27-4-3-11-7-28(9-13(11)8-27)17(30)19(23,24)25/h5-6,10-11,13H,1-4,7-9H2. The van der Waals surface area contributed by atoms with Gasteiger partial charge in [0.1, 0.15) is 5.69 Å². The number of piperidine rings is 1. The highest BCUT2D eigenvalue weighted by Gasteiger charge is 2.48. The van der Waals surface area contributed by atoms with Crippen LogP contribution in [0.1, 0.15) is 46.9 Å². The first-order valence-electron chi connectivity index (χ1n) is 9.68. The Hall–Kier alpha value is -2.33. The Morgan fingerprint density at radius 2 is 1.53 bits per heavy atom. The average Bonchev–Trinajstić information content (AvgIpc) is 3.43. The molecule has 3 fully saturated rings. The van der Waals surface area contributed by atoms with Crippen LogP contribution >= 0.6 is 0 Å². The van der Waals surface area contributed by atoms with Gasteiger partial charge >= 0.3 is 18.3 Å². The van der Waals surface area contributed by atoms with E-state index in [1.54, 1.807) is 0 Å². The van der Waals surface area contributed by atoms with Gasteiger partial charge < -0.3 is 9.80 Å². The van der Waals surface area contributed by atoms with Crippen molar-refractivity contribution in [1.82, 2.24) is 14.8 Å². The average molecular weight is 435 g/mol. The van der Waals surface area contributed by atoms with Gasteiger partial charge in [0.05, 0.1) is 0 Å². The topological polar surface area (TPSA) is 53.5 Å². The fraction of sp³-hybridized carbons (Fsp3) is 0.632. The molecule has 2 aliphatic heterocycles. The number of hydrogen-bond donors (Lipinski definition) is 0.